The number of hydrogen-bond acceptors (Lipinski definition) is 8. The van der Waals surface area contributed by atoms with E-state index in [0.717, 1.165) is 0 Å². The van der Waals surface area contributed by atoms with Gasteiger partial charge in [0.05, 0.1) is 11.5 Å². The Morgan fingerprint density at radius 3 is 2.62 bits per heavy atom. The highest BCUT2D eigenvalue weighted by molar-refractivity contribution is 5.74. The third-order valence-electron chi connectivity index (χ3n) is 2.53. The number of aromatic nitrogens is 2. The summed E-state index contributed by atoms with van der Waals surface area (Å²) in [4.78, 5) is 18.3. The van der Waals surface area contributed by atoms with E-state index in [1.807, 2.05) is 6.07 Å². The van der Waals surface area contributed by atoms with Crippen LogP contribution in [0.4, 0.5) is 29.0 Å². The van der Waals surface area contributed by atoms with Crippen LogP contribution >= 0.6 is 0 Å². The Hall–Kier alpha value is -2.94. The van der Waals surface area contributed by atoms with Crippen molar-refractivity contribution < 1.29 is 10.0 Å². The van der Waals surface area contributed by atoms with Crippen molar-refractivity contribution in [3.05, 3.63) is 40.4 Å². The fourth-order valence-corrected chi connectivity index (χ4v) is 1.64. The highest BCUT2D eigenvalue weighted by Crippen LogP contribution is 2.31. The molecule has 0 radical (unpaired) electrons. The van der Waals surface area contributed by atoms with E-state index in [-0.39, 0.29) is 30.7 Å². The second-order valence-electron chi connectivity index (χ2n) is 4.03. The average molecular weight is 290 g/mol. The number of benzene rings is 1. The van der Waals surface area contributed by atoms with Gasteiger partial charge in [0.2, 0.25) is 17.6 Å². The summed E-state index contributed by atoms with van der Waals surface area (Å²) in [7, 11) is 0. The van der Waals surface area contributed by atoms with E-state index < -0.39 is 10.6 Å². The maximum Gasteiger partial charge on any atom is 0.353 e. The number of para-hydroxylation sites is 1. The van der Waals surface area contributed by atoms with E-state index in [4.69, 9.17) is 10.8 Å². The summed E-state index contributed by atoms with van der Waals surface area (Å²) < 4.78 is 0. The number of nitro groups is 1. The molecule has 0 amide bonds. The second-order valence-corrected chi connectivity index (χ2v) is 4.03. The summed E-state index contributed by atoms with van der Waals surface area (Å²) in [6.45, 7) is 0.0870. The highest BCUT2D eigenvalue weighted by Gasteiger charge is 2.23. The summed E-state index contributed by atoms with van der Waals surface area (Å²) in [5.41, 5.74) is 5.85. The molecule has 0 unspecified atom stereocenters. The molecule has 21 heavy (non-hydrogen) atoms. The molecule has 0 atom stereocenters. The first kappa shape index (κ1) is 14.5. The lowest BCUT2D eigenvalue weighted by atomic mass is 10.3. The third kappa shape index (κ3) is 3.54. The summed E-state index contributed by atoms with van der Waals surface area (Å²) in [6, 6.07) is 8.86. The minimum atomic E-state index is -0.642. The number of nitrogen functional groups attached to an aromatic ring is 1. The molecule has 2 rings (SSSR count). The molecule has 0 fully saturated rings. The molecule has 110 valence electrons. The van der Waals surface area contributed by atoms with Crippen molar-refractivity contribution in [3.63, 3.8) is 0 Å². The third-order valence-corrected chi connectivity index (χ3v) is 2.53. The Bertz CT molecular complexity index is 634. The molecule has 9 nitrogen and oxygen atoms in total. The monoisotopic (exact) mass is 290 g/mol. The van der Waals surface area contributed by atoms with Gasteiger partial charge < -0.3 is 21.5 Å². The molecular formula is C12H14N6O3. The van der Waals surface area contributed by atoms with E-state index in [0.29, 0.717) is 5.69 Å². The normalized spacial score (nSPS) is 10.1. The fraction of sp³-hybridized carbons (Fsp3) is 0.167. The second kappa shape index (κ2) is 6.48. The van der Waals surface area contributed by atoms with Crippen LogP contribution < -0.4 is 16.4 Å². The zero-order chi connectivity index (χ0) is 15.2. The molecule has 0 saturated heterocycles. The van der Waals surface area contributed by atoms with Gasteiger partial charge in [-0.25, -0.2) is 0 Å². The first-order chi connectivity index (χ1) is 10.1. The molecule has 2 aromatic rings. The lowest BCUT2D eigenvalue weighted by Gasteiger charge is -2.10. The predicted octanol–water partition coefficient (Wildman–Crippen LogP) is 1.11. The first-order valence-corrected chi connectivity index (χ1v) is 6.10. The van der Waals surface area contributed by atoms with E-state index >= 15 is 0 Å². The molecule has 0 spiro atoms. The van der Waals surface area contributed by atoms with Crippen LogP contribution in [-0.4, -0.2) is 33.1 Å². The van der Waals surface area contributed by atoms with E-state index in [1.165, 1.54) is 0 Å². The maximum atomic E-state index is 11.1. The minimum Gasteiger partial charge on any atom is -0.395 e. The molecule has 9 heteroatoms. The van der Waals surface area contributed by atoms with Crippen LogP contribution in [0.25, 0.3) is 0 Å². The molecule has 1 heterocycles. The Morgan fingerprint density at radius 1 is 1.29 bits per heavy atom. The average Bonchev–Trinajstić information content (AvgIpc) is 2.45. The van der Waals surface area contributed by atoms with Gasteiger partial charge in [-0.05, 0) is 12.1 Å². The van der Waals surface area contributed by atoms with Crippen LogP contribution in [0, 0.1) is 10.1 Å². The van der Waals surface area contributed by atoms with E-state index in [2.05, 4.69) is 20.6 Å². The maximum absolute atomic E-state index is 11.1. The largest absolute Gasteiger partial charge is 0.395 e. The minimum absolute atomic E-state index is 0.0147. The van der Waals surface area contributed by atoms with Gasteiger partial charge in [-0.15, -0.1) is 0 Å². The zero-order valence-electron chi connectivity index (χ0n) is 11.0. The standard InChI is InChI=1S/C12H14N6O3/c13-10-9(18(20)21)11(15-8-4-2-1-3-5-8)17-12(16-10)14-6-7-19/h1-5,19H,6-7H2,(H4,13,14,15,16,17). The van der Waals surface area contributed by atoms with Crippen molar-refractivity contribution in [2.24, 2.45) is 0 Å². The van der Waals surface area contributed by atoms with Crippen molar-refractivity contribution in [3.8, 4) is 0 Å². The molecule has 0 aliphatic carbocycles. The van der Waals surface area contributed by atoms with Crippen LogP contribution in [0.1, 0.15) is 0 Å². The van der Waals surface area contributed by atoms with Crippen LogP contribution in [-0.2, 0) is 0 Å². The molecule has 0 bridgehead atoms. The molecule has 0 aliphatic heterocycles. The lowest BCUT2D eigenvalue weighted by molar-refractivity contribution is -0.383. The van der Waals surface area contributed by atoms with Crippen molar-refractivity contribution in [1.29, 1.82) is 0 Å². The summed E-state index contributed by atoms with van der Waals surface area (Å²) in [5, 5.41) is 25.4. The summed E-state index contributed by atoms with van der Waals surface area (Å²) in [5.74, 6) is -0.168. The van der Waals surface area contributed by atoms with E-state index in [1.54, 1.807) is 24.3 Å². The van der Waals surface area contributed by atoms with Gasteiger partial charge in [-0.1, -0.05) is 18.2 Å². The quantitative estimate of drug-likeness (QED) is 0.458. The van der Waals surface area contributed by atoms with Gasteiger partial charge >= 0.3 is 5.69 Å². The number of anilines is 4. The molecule has 0 aliphatic rings. The Kier molecular flexibility index (Phi) is 4.46. The first-order valence-electron chi connectivity index (χ1n) is 6.10. The zero-order valence-corrected chi connectivity index (χ0v) is 11.0. The summed E-state index contributed by atoms with van der Waals surface area (Å²) >= 11 is 0. The smallest absolute Gasteiger partial charge is 0.353 e. The lowest BCUT2D eigenvalue weighted by Crippen LogP contribution is -2.12. The Balaban J connectivity index is 2.39. The van der Waals surface area contributed by atoms with Crippen LogP contribution in [0.2, 0.25) is 0 Å². The number of nitrogens with zero attached hydrogens (tertiary/aromatic N) is 3. The van der Waals surface area contributed by atoms with Crippen LogP contribution in [0.3, 0.4) is 0 Å². The Morgan fingerprint density at radius 2 is 2.00 bits per heavy atom. The van der Waals surface area contributed by atoms with Crippen molar-refractivity contribution in [2.45, 2.75) is 0 Å². The number of hydrogen-bond donors (Lipinski definition) is 4. The SMILES string of the molecule is Nc1nc(NCCO)nc(Nc2ccccc2)c1[N+](=O)[O-]. The highest BCUT2D eigenvalue weighted by atomic mass is 16.6. The number of nitrogens with one attached hydrogen (secondary N) is 2. The molecule has 1 aromatic carbocycles. The van der Waals surface area contributed by atoms with Gasteiger partial charge in [-0.2, -0.15) is 9.97 Å². The molecule has 1 aromatic heterocycles. The van der Waals surface area contributed by atoms with E-state index in [9.17, 15) is 10.1 Å². The van der Waals surface area contributed by atoms with Crippen molar-refractivity contribution >= 4 is 29.0 Å². The number of nitrogens with two attached hydrogens (primary N) is 1. The van der Waals surface area contributed by atoms with Crippen molar-refractivity contribution in [2.75, 3.05) is 29.5 Å². The summed E-state index contributed by atoms with van der Waals surface area (Å²) in [6.07, 6.45) is 0. The predicted molar refractivity (Wildman–Crippen MR) is 78.4 cm³/mol. The number of rotatable bonds is 6. The van der Waals surface area contributed by atoms with Crippen LogP contribution in [0.5, 0.6) is 0 Å². The number of aliphatic hydroxyl groups excluding tert-OH is 1. The van der Waals surface area contributed by atoms with Crippen LogP contribution in [0.15, 0.2) is 30.3 Å². The molecular weight excluding hydrogens is 276 g/mol. The van der Waals surface area contributed by atoms with Gasteiger partial charge in [0.1, 0.15) is 0 Å². The fourth-order valence-electron chi connectivity index (χ4n) is 1.64. The number of aliphatic hydroxyl groups is 1. The van der Waals surface area contributed by atoms with Gasteiger partial charge in [0.25, 0.3) is 0 Å². The van der Waals surface area contributed by atoms with Gasteiger partial charge in [-0.3, -0.25) is 10.1 Å². The van der Waals surface area contributed by atoms with Crippen molar-refractivity contribution in [1.82, 2.24) is 9.97 Å². The topological polar surface area (TPSA) is 139 Å². The molecule has 5 N–H and O–H groups in total. The van der Waals surface area contributed by atoms with Gasteiger partial charge in [0, 0.05) is 12.2 Å². The Labute approximate surface area is 120 Å². The van der Waals surface area contributed by atoms with Gasteiger partial charge in [0.15, 0.2) is 0 Å². The molecule has 0 saturated carbocycles.